The summed E-state index contributed by atoms with van der Waals surface area (Å²) in [7, 11) is 0. The first kappa shape index (κ1) is 13.4. The maximum atomic E-state index is 13.4. The molecule has 0 fully saturated rings. The van der Waals surface area contributed by atoms with Gasteiger partial charge in [0.15, 0.2) is 5.78 Å². The van der Waals surface area contributed by atoms with Gasteiger partial charge in [-0.3, -0.25) is 4.79 Å². The van der Waals surface area contributed by atoms with Crippen LogP contribution in [0.4, 0.5) is 8.78 Å². The highest BCUT2D eigenvalue weighted by Crippen LogP contribution is 2.13. The molecule has 0 N–H and O–H groups in total. The van der Waals surface area contributed by atoms with Crippen molar-refractivity contribution >= 4 is 23.5 Å². The number of carbonyl (C=O) groups excluding carboxylic acids is 1. The van der Waals surface area contributed by atoms with Crippen molar-refractivity contribution < 1.29 is 13.6 Å². The molecule has 0 aromatic heterocycles. The summed E-state index contributed by atoms with van der Waals surface area (Å²) in [4.78, 5) is 11.7. The average Bonchev–Trinajstić information content (AvgIpc) is 2.37. The van der Waals surface area contributed by atoms with Gasteiger partial charge in [-0.05, 0) is 35.9 Å². The Morgan fingerprint density at radius 1 is 1.05 bits per heavy atom. The predicted octanol–water partition coefficient (Wildman–Crippen LogP) is 4.51. The second kappa shape index (κ2) is 5.76. The third-order valence-corrected chi connectivity index (χ3v) is 2.75. The van der Waals surface area contributed by atoms with Gasteiger partial charge in [-0.2, -0.15) is 0 Å². The van der Waals surface area contributed by atoms with Crippen molar-refractivity contribution in [3.05, 3.63) is 76.3 Å². The number of allylic oxidation sites excluding steroid dienone is 1. The minimum Gasteiger partial charge on any atom is -0.289 e. The van der Waals surface area contributed by atoms with Crippen LogP contribution >= 0.6 is 11.6 Å². The van der Waals surface area contributed by atoms with E-state index in [1.54, 1.807) is 30.3 Å². The van der Waals surface area contributed by atoms with E-state index in [9.17, 15) is 13.6 Å². The normalized spacial score (nSPS) is 10.9. The number of halogens is 3. The molecule has 0 spiro atoms. The van der Waals surface area contributed by atoms with Gasteiger partial charge in [-0.25, -0.2) is 8.78 Å². The van der Waals surface area contributed by atoms with Gasteiger partial charge in [-0.15, -0.1) is 0 Å². The van der Waals surface area contributed by atoms with Crippen LogP contribution in [0.15, 0.2) is 48.5 Å². The van der Waals surface area contributed by atoms with Crippen molar-refractivity contribution in [1.29, 1.82) is 0 Å². The van der Waals surface area contributed by atoms with Crippen molar-refractivity contribution in [2.45, 2.75) is 0 Å². The highest BCUT2D eigenvalue weighted by Gasteiger charge is 2.09. The fraction of sp³-hybridized carbons (Fsp3) is 0. The maximum absolute atomic E-state index is 13.4. The smallest absolute Gasteiger partial charge is 0.188 e. The highest BCUT2D eigenvalue weighted by molar-refractivity contribution is 6.30. The molecule has 0 amide bonds. The van der Waals surface area contributed by atoms with Crippen LogP contribution in [0.25, 0.3) is 6.08 Å². The molecule has 2 aromatic carbocycles. The molecule has 19 heavy (non-hydrogen) atoms. The third kappa shape index (κ3) is 3.48. The Kier molecular flexibility index (Phi) is 4.07. The molecule has 0 bridgehead atoms. The van der Waals surface area contributed by atoms with Crippen LogP contribution < -0.4 is 0 Å². The molecule has 2 rings (SSSR count). The molecule has 0 saturated carbocycles. The molecule has 4 heteroatoms. The lowest BCUT2D eigenvalue weighted by molar-refractivity contribution is 0.104. The Hall–Kier alpha value is -2.00. The fourth-order valence-electron chi connectivity index (χ4n) is 1.52. The summed E-state index contributed by atoms with van der Waals surface area (Å²) in [5, 5.41) is 0.591. The van der Waals surface area contributed by atoms with E-state index in [1.807, 2.05) is 0 Å². The van der Waals surface area contributed by atoms with E-state index in [4.69, 9.17) is 11.6 Å². The van der Waals surface area contributed by atoms with Crippen LogP contribution in [0.5, 0.6) is 0 Å². The van der Waals surface area contributed by atoms with E-state index < -0.39 is 17.4 Å². The molecule has 0 unspecified atom stereocenters. The molecule has 0 heterocycles. The number of ketones is 1. The zero-order valence-corrected chi connectivity index (χ0v) is 10.5. The van der Waals surface area contributed by atoms with Crippen LogP contribution in [-0.2, 0) is 0 Å². The molecular formula is C15H9ClF2O. The molecule has 2 aromatic rings. The van der Waals surface area contributed by atoms with Gasteiger partial charge in [0.1, 0.15) is 11.6 Å². The highest BCUT2D eigenvalue weighted by atomic mass is 35.5. The Labute approximate surface area is 114 Å². The third-order valence-electron chi connectivity index (χ3n) is 2.49. The van der Waals surface area contributed by atoms with E-state index in [-0.39, 0.29) is 5.56 Å². The lowest BCUT2D eigenvalue weighted by Crippen LogP contribution is -1.99. The molecule has 96 valence electrons. The number of hydrogen-bond acceptors (Lipinski definition) is 1. The van der Waals surface area contributed by atoms with Crippen LogP contribution in [0, 0.1) is 11.6 Å². The summed E-state index contributed by atoms with van der Waals surface area (Å²) in [6.45, 7) is 0. The zero-order valence-electron chi connectivity index (χ0n) is 9.74. The van der Waals surface area contributed by atoms with Gasteiger partial charge < -0.3 is 0 Å². The largest absolute Gasteiger partial charge is 0.289 e. The Morgan fingerprint density at radius 2 is 1.74 bits per heavy atom. The number of hydrogen-bond donors (Lipinski definition) is 0. The summed E-state index contributed by atoms with van der Waals surface area (Å²) in [6, 6.07) is 9.68. The van der Waals surface area contributed by atoms with Gasteiger partial charge in [0, 0.05) is 11.1 Å². The van der Waals surface area contributed by atoms with E-state index in [2.05, 4.69) is 0 Å². The first-order valence-corrected chi connectivity index (χ1v) is 5.87. The summed E-state index contributed by atoms with van der Waals surface area (Å²) in [5.74, 6) is -2.10. The van der Waals surface area contributed by atoms with Crippen molar-refractivity contribution in [2.75, 3.05) is 0 Å². The Morgan fingerprint density at radius 3 is 2.37 bits per heavy atom. The molecule has 0 aliphatic heterocycles. The Bertz CT molecular complexity index is 633. The molecule has 0 atom stereocenters. The molecule has 0 aliphatic carbocycles. The molecule has 0 aliphatic rings. The second-order valence-electron chi connectivity index (χ2n) is 3.87. The molecule has 0 radical (unpaired) electrons. The van der Waals surface area contributed by atoms with E-state index in [0.29, 0.717) is 11.1 Å². The summed E-state index contributed by atoms with van der Waals surface area (Å²) in [5.41, 5.74) is 0.604. The standard InChI is InChI=1S/C15H9ClF2O/c16-11-4-1-10(2-5-11)3-8-15(19)13-7-6-12(17)9-14(13)18/h1-9H. The van der Waals surface area contributed by atoms with E-state index in [1.165, 1.54) is 6.08 Å². The number of benzene rings is 2. The number of carbonyl (C=O) groups is 1. The lowest BCUT2D eigenvalue weighted by atomic mass is 10.1. The molecule has 1 nitrogen and oxygen atoms in total. The quantitative estimate of drug-likeness (QED) is 0.596. The van der Waals surface area contributed by atoms with Crippen LogP contribution in [0.3, 0.4) is 0 Å². The average molecular weight is 279 g/mol. The topological polar surface area (TPSA) is 17.1 Å². The van der Waals surface area contributed by atoms with Crippen LogP contribution in [-0.4, -0.2) is 5.78 Å². The maximum Gasteiger partial charge on any atom is 0.188 e. The molecular weight excluding hydrogens is 270 g/mol. The van der Waals surface area contributed by atoms with Gasteiger partial charge in [0.05, 0.1) is 5.56 Å². The van der Waals surface area contributed by atoms with Crippen molar-refractivity contribution in [3.8, 4) is 0 Å². The number of rotatable bonds is 3. The SMILES string of the molecule is O=C(C=Cc1ccc(Cl)cc1)c1ccc(F)cc1F. The van der Waals surface area contributed by atoms with Crippen molar-refractivity contribution in [1.82, 2.24) is 0 Å². The Balaban J connectivity index is 2.18. The first-order chi connectivity index (χ1) is 9.06. The monoisotopic (exact) mass is 278 g/mol. The summed E-state index contributed by atoms with van der Waals surface area (Å²) < 4.78 is 26.1. The minimum absolute atomic E-state index is 0.161. The van der Waals surface area contributed by atoms with Crippen LogP contribution in [0.2, 0.25) is 5.02 Å². The second-order valence-corrected chi connectivity index (χ2v) is 4.31. The van der Waals surface area contributed by atoms with Crippen molar-refractivity contribution in [2.24, 2.45) is 0 Å². The van der Waals surface area contributed by atoms with Gasteiger partial charge in [-0.1, -0.05) is 29.8 Å². The lowest BCUT2D eigenvalue weighted by Gasteiger charge is -1.98. The van der Waals surface area contributed by atoms with Gasteiger partial charge in [0.25, 0.3) is 0 Å². The van der Waals surface area contributed by atoms with Crippen LogP contribution in [0.1, 0.15) is 15.9 Å². The minimum atomic E-state index is -0.870. The van der Waals surface area contributed by atoms with Gasteiger partial charge in [0.2, 0.25) is 0 Å². The van der Waals surface area contributed by atoms with E-state index >= 15 is 0 Å². The van der Waals surface area contributed by atoms with Crippen molar-refractivity contribution in [3.63, 3.8) is 0 Å². The fourth-order valence-corrected chi connectivity index (χ4v) is 1.65. The van der Waals surface area contributed by atoms with E-state index in [0.717, 1.165) is 17.7 Å². The molecule has 0 saturated heterocycles. The summed E-state index contributed by atoms with van der Waals surface area (Å²) >= 11 is 5.73. The zero-order chi connectivity index (χ0) is 13.8. The van der Waals surface area contributed by atoms with Gasteiger partial charge >= 0.3 is 0 Å². The first-order valence-electron chi connectivity index (χ1n) is 5.49. The summed E-state index contributed by atoms with van der Waals surface area (Å²) in [6.07, 6.45) is 2.78. The predicted molar refractivity (Wildman–Crippen MR) is 71.2 cm³/mol.